The van der Waals surface area contributed by atoms with Gasteiger partial charge in [-0.15, -0.1) is 0 Å². The van der Waals surface area contributed by atoms with E-state index < -0.39 is 11.9 Å². The molecule has 7 nitrogen and oxygen atoms in total. The predicted octanol–water partition coefficient (Wildman–Crippen LogP) is 6.76. The number of carbonyl (C=O) groups excluding carboxylic acids is 1. The standard InChI is InChI=1S/C31H26N2O5/c1-37-26-15-16-29-27(19-26)33-31(38-29)32-25-13-11-22(12-14-25)21-7-9-23(10-8-21)28(34)18-24(30(35)36)17-20-5-3-2-4-6-20/h2-16,19,24H,17-18H2,1H3,(H,32,33)(H,35,36). The van der Waals surface area contributed by atoms with Crippen LogP contribution in [-0.2, 0) is 11.2 Å². The highest BCUT2D eigenvalue weighted by molar-refractivity contribution is 5.98. The Balaban J connectivity index is 1.23. The van der Waals surface area contributed by atoms with Crippen molar-refractivity contribution in [3.05, 3.63) is 108 Å². The van der Waals surface area contributed by atoms with Crippen LogP contribution >= 0.6 is 0 Å². The van der Waals surface area contributed by atoms with Gasteiger partial charge in [0.05, 0.1) is 13.0 Å². The number of Topliss-reactive ketones (excluding diaryl/α,β-unsaturated/α-hetero) is 1. The number of methoxy groups -OCH3 is 1. The van der Waals surface area contributed by atoms with Gasteiger partial charge in [0, 0.05) is 23.7 Å². The van der Waals surface area contributed by atoms with E-state index in [0.717, 1.165) is 22.4 Å². The Labute approximate surface area is 219 Å². The van der Waals surface area contributed by atoms with Gasteiger partial charge in [-0.3, -0.25) is 9.59 Å². The highest BCUT2D eigenvalue weighted by atomic mass is 16.5. The van der Waals surface area contributed by atoms with E-state index >= 15 is 0 Å². The molecule has 0 amide bonds. The molecule has 4 aromatic carbocycles. The average molecular weight is 507 g/mol. The van der Waals surface area contributed by atoms with Crippen molar-refractivity contribution in [2.45, 2.75) is 12.8 Å². The van der Waals surface area contributed by atoms with Crippen molar-refractivity contribution in [1.82, 2.24) is 4.98 Å². The van der Waals surface area contributed by atoms with Crippen LogP contribution in [0.3, 0.4) is 0 Å². The van der Waals surface area contributed by atoms with Gasteiger partial charge < -0.3 is 19.6 Å². The largest absolute Gasteiger partial charge is 0.497 e. The summed E-state index contributed by atoms with van der Waals surface area (Å²) in [4.78, 5) is 29.0. The molecule has 7 heteroatoms. The van der Waals surface area contributed by atoms with Crippen molar-refractivity contribution < 1.29 is 23.8 Å². The van der Waals surface area contributed by atoms with Gasteiger partial charge in [-0.2, -0.15) is 4.98 Å². The molecular formula is C31H26N2O5. The zero-order valence-electron chi connectivity index (χ0n) is 20.8. The number of aromatic nitrogens is 1. The summed E-state index contributed by atoms with van der Waals surface area (Å²) in [6.07, 6.45) is 0.269. The first-order valence-electron chi connectivity index (χ1n) is 12.2. The first kappa shape index (κ1) is 24.8. The third-order valence-corrected chi connectivity index (χ3v) is 6.38. The molecule has 1 atom stereocenters. The van der Waals surface area contributed by atoms with Gasteiger partial charge >= 0.3 is 5.97 Å². The van der Waals surface area contributed by atoms with Crippen LogP contribution in [0.2, 0.25) is 0 Å². The van der Waals surface area contributed by atoms with E-state index in [1.807, 2.05) is 84.9 Å². The molecule has 0 fully saturated rings. The van der Waals surface area contributed by atoms with Gasteiger partial charge in [-0.25, -0.2) is 0 Å². The van der Waals surface area contributed by atoms with Crippen molar-refractivity contribution in [2.24, 2.45) is 5.92 Å². The smallest absolute Gasteiger partial charge is 0.307 e. The van der Waals surface area contributed by atoms with Crippen molar-refractivity contribution >= 4 is 34.6 Å². The van der Waals surface area contributed by atoms with Crippen LogP contribution in [0.15, 0.2) is 101 Å². The number of aliphatic carboxylic acids is 1. The number of carboxylic acid groups (broad SMARTS) is 1. The van der Waals surface area contributed by atoms with Crippen molar-refractivity contribution in [2.75, 3.05) is 12.4 Å². The van der Waals surface area contributed by atoms with Crippen LogP contribution in [0.5, 0.6) is 5.75 Å². The molecule has 0 aliphatic rings. The van der Waals surface area contributed by atoms with E-state index in [2.05, 4.69) is 10.3 Å². The minimum absolute atomic E-state index is 0.0491. The molecule has 0 spiro atoms. The van der Waals surface area contributed by atoms with Gasteiger partial charge in [0.25, 0.3) is 6.01 Å². The molecule has 5 aromatic rings. The molecule has 0 saturated carbocycles. The Bertz CT molecular complexity index is 1560. The third-order valence-electron chi connectivity index (χ3n) is 6.38. The van der Waals surface area contributed by atoms with E-state index in [1.165, 1.54) is 0 Å². The molecule has 0 saturated heterocycles. The molecule has 0 aliphatic heterocycles. The number of anilines is 2. The Morgan fingerprint density at radius 1 is 0.921 bits per heavy atom. The number of ether oxygens (including phenoxy) is 1. The summed E-state index contributed by atoms with van der Waals surface area (Å²) in [7, 11) is 1.61. The number of carboxylic acids is 1. The number of nitrogens with one attached hydrogen (secondary N) is 1. The van der Waals surface area contributed by atoms with Gasteiger partial charge in [0.2, 0.25) is 0 Å². The number of fused-ring (bicyclic) bond motifs is 1. The quantitative estimate of drug-likeness (QED) is 0.202. The second-order valence-electron chi connectivity index (χ2n) is 8.98. The summed E-state index contributed by atoms with van der Waals surface area (Å²) < 4.78 is 11.0. The van der Waals surface area contributed by atoms with Crippen molar-refractivity contribution in [1.29, 1.82) is 0 Å². The first-order chi connectivity index (χ1) is 18.5. The molecule has 1 heterocycles. The minimum atomic E-state index is -0.968. The summed E-state index contributed by atoms with van der Waals surface area (Å²) in [5.74, 6) is -1.21. The number of benzene rings is 4. The SMILES string of the molecule is COc1ccc2oc(Nc3ccc(-c4ccc(C(=O)CC(Cc5ccccc5)C(=O)O)cc4)cc3)nc2c1. The van der Waals surface area contributed by atoms with E-state index in [4.69, 9.17) is 9.15 Å². The van der Waals surface area contributed by atoms with E-state index in [-0.39, 0.29) is 12.2 Å². The van der Waals surface area contributed by atoms with Gasteiger partial charge in [0.15, 0.2) is 11.4 Å². The highest BCUT2D eigenvalue weighted by Crippen LogP contribution is 2.27. The topological polar surface area (TPSA) is 102 Å². The highest BCUT2D eigenvalue weighted by Gasteiger charge is 2.22. The number of oxazole rings is 1. The summed E-state index contributed by atoms with van der Waals surface area (Å²) >= 11 is 0. The Hall–Kier alpha value is -4.91. The summed E-state index contributed by atoms with van der Waals surface area (Å²) in [6, 6.07) is 30.2. The fourth-order valence-electron chi connectivity index (χ4n) is 4.29. The predicted molar refractivity (Wildman–Crippen MR) is 146 cm³/mol. The monoisotopic (exact) mass is 506 g/mol. The maximum Gasteiger partial charge on any atom is 0.307 e. The molecule has 0 radical (unpaired) electrons. The number of nitrogens with zero attached hydrogens (tertiary/aromatic N) is 1. The van der Waals surface area contributed by atoms with Crippen LogP contribution in [0.1, 0.15) is 22.3 Å². The van der Waals surface area contributed by atoms with Gasteiger partial charge in [-0.1, -0.05) is 66.7 Å². The Morgan fingerprint density at radius 2 is 1.61 bits per heavy atom. The average Bonchev–Trinajstić information content (AvgIpc) is 3.35. The normalized spacial score (nSPS) is 11.7. The first-order valence-corrected chi connectivity index (χ1v) is 12.2. The van der Waals surface area contributed by atoms with Crippen LogP contribution in [0.4, 0.5) is 11.7 Å². The lowest BCUT2D eigenvalue weighted by atomic mass is 9.91. The molecule has 1 aromatic heterocycles. The summed E-state index contributed by atoms with van der Waals surface area (Å²) in [5.41, 5.74) is 5.50. The lowest BCUT2D eigenvalue weighted by Gasteiger charge is -2.12. The van der Waals surface area contributed by atoms with Gasteiger partial charge in [-0.05, 0) is 47.4 Å². The molecule has 0 aliphatic carbocycles. The summed E-state index contributed by atoms with van der Waals surface area (Å²) in [6.45, 7) is 0. The van der Waals surface area contributed by atoms with E-state index in [1.54, 1.807) is 19.2 Å². The third kappa shape index (κ3) is 5.73. The molecule has 38 heavy (non-hydrogen) atoms. The molecule has 0 bridgehead atoms. The zero-order chi connectivity index (χ0) is 26.5. The fourth-order valence-corrected chi connectivity index (χ4v) is 4.29. The molecule has 190 valence electrons. The second-order valence-corrected chi connectivity index (χ2v) is 8.98. The van der Waals surface area contributed by atoms with Crippen LogP contribution in [-0.4, -0.2) is 29.0 Å². The minimum Gasteiger partial charge on any atom is -0.497 e. The fraction of sp³-hybridized carbons (Fsp3) is 0.129. The maximum atomic E-state index is 12.8. The zero-order valence-corrected chi connectivity index (χ0v) is 20.8. The Kier molecular flexibility index (Phi) is 7.17. The van der Waals surface area contributed by atoms with Crippen molar-refractivity contribution in [3.8, 4) is 16.9 Å². The van der Waals surface area contributed by atoms with Crippen LogP contribution in [0, 0.1) is 5.92 Å². The lowest BCUT2D eigenvalue weighted by Crippen LogP contribution is -2.20. The summed E-state index contributed by atoms with van der Waals surface area (Å²) in [5, 5.41) is 12.8. The van der Waals surface area contributed by atoms with Crippen LogP contribution in [0.25, 0.3) is 22.2 Å². The molecule has 5 rings (SSSR count). The molecular weight excluding hydrogens is 480 g/mol. The Morgan fingerprint density at radius 3 is 2.26 bits per heavy atom. The van der Waals surface area contributed by atoms with E-state index in [0.29, 0.717) is 34.8 Å². The van der Waals surface area contributed by atoms with Crippen molar-refractivity contribution in [3.63, 3.8) is 0 Å². The number of hydrogen-bond acceptors (Lipinski definition) is 6. The maximum absolute atomic E-state index is 12.8. The lowest BCUT2D eigenvalue weighted by molar-refractivity contribution is -0.141. The number of carbonyl (C=O) groups is 2. The van der Waals surface area contributed by atoms with Gasteiger partial charge in [0.1, 0.15) is 11.3 Å². The second kappa shape index (κ2) is 11.0. The number of rotatable bonds is 10. The molecule has 1 unspecified atom stereocenters. The van der Waals surface area contributed by atoms with Crippen LogP contribution < -0.4 is 10.1 Å². The number of hydrogen-bond donors (Lipinski definition) is 2. The van der Waals surface area contributed by atoms with E-state index in [9.17, 15) is 14.7 Å². The number of ketones is 1. The molecule has 2 N–H and O–H groups in total.